The highest BCUT2D eigenvalue weighted by atomic mass is 35.5. The van der Waals surface area contributed by atoms with E-state index in [2.05, 4.69) is 0 Å². The van der Waals surface area contributed by atoms with Crippen molar-refractivity contribution in [3.8, 4) is 5.75 Å². The summed E-state index contributed by atoms with van der Waals surface area (Å²) in [6, 6.07) is 4.16. The molecule has 0 saturated heterocycles. The number of halogens is 3. The van der Waals surface area contributed by atoms with Gasteiger partial charge in [-0.1, -0.05) is 11.6 Å². The highest BCUT2D eigenvalue weighted by Gasteiger charge is 2.12. The molecular weight excluding hydrogens is 186 g/mol. The molecule has 0 bridgehead atoms. The molecule has 0 spiro atoms. The summed E-state index contributed by atoms with van der Waals surface area (Å²) in [7, 11) is 1.42. The van der Waals surface area contributed by atoms with Crippen LogP contribution in [0, 0.1) is 0 Å². The van der Waals surface area contributed by atoms with Crippen molar-refractivity contribution in [3.63, 3.8) is 0 Å². The Labute approximate surface area is 73.9 Å². The van der Waals surface area contributed by atoms with Crippen molar-refractivity contribution < 1.29 is 13.5 Å². The molecule has 0 amide bonds. The monoisotopic (exact) mass is 192 g/mol. The Balaban J connectivity index is 3.08. The number of alkyl halides is 2. The maximum atomic E-state index is 12.2. The van der Waals surface area contributed by atoms with Crippen molar-refractivity contribution in [3.05, 3.63) is 28.8 Å². The first-order valence-corrected chi connectivity index (χ1v) is 3.64. The van der Waals surface area contributed by atoms with Gasteiger partial charge in [0.2, 0.25) is 0 Å². The maximum absolute atomic E-state index is 12.2. The zero-order chi connectivity index (χ0) is 9.14. The smallest absolute Gasteiger partial charge is 0.265 e. The van der Waals surface area contributed by atoms with Crippen molar-refractivity contribution in [1.82, 2.24) is 0 Å². The maximum Gasteiger partial charge on any atom is 0.265 e. The molecule has 1 aromatic rings. The number of benzene rings is 1. The number of hydrogen-bond donors (Lipinski definition) is 0. The average Bonchev–Trinajstić information content (AvgIpc) is 2.05. The van der Waals surface area contributed by atoms with E-state index >= 15 is 0 Å². The van der Waals surface area contributed by atoms with E-state index in [9.17, 15) is 8.78 Å². The van der Waals surface area contributed by atoms with Gasteiger partial charge in [-0.15, -0.1) is 0 Å². The normalized spacial score (nSPS) is 10.4. The molecule has 0 N–H and O–H groups in total. The summed E-state index contributed by atoms with van der Waals surface area (Å²) < 4.78 is 29.2. The molecule has 12 heavy (non-hydrogen) atoms. The Hall–Kier alpha value is -0.830. The Morgan fingerprint density at radius 3 is 2.58 bits per heavy atom. The van der Waals surface area contributed by atoms with E-state index in [0.29, 0.717) is 5.75 Å². The quantitative estimate of drug-likeness (QED) is 0.699. The number of ether oxygens (including phenoxy) is 1. The first kappa shape index (κ1) is 9.26. The van der Waals surface area contributed by atoms with Crippen LogP contribution in [0.5, 0.6) is 5.75 Å². The summed E-state index contributed by atoms with van der Waals surface area (Å²) in [5, 5.41) is 0.0609. The zero-order valence-electron chi connectivity index (χ0n) is 6.35. The van der Waals surface area contributed by atoms with Gasteiger partial charge in [-0.2, -0.15) is 0 Å². The molecule has 0 fully saturated rings. The molecule has 0 aliphatic heterocycles. The largest absolute Gasteiger partial charge is 0.497 e. The van der Waals surface area contributed by atoms with Crippen LogP contribution < -0.4 is 4.74 Å². The predicted molar refractivity (Wildman–Crippen MR) is 43.0 cm³/mol. The molecule has 0 heterocycles. The van der Waals surface area contributed by atoms with Gasteiger partial charge in [0.15, 0.2) is 0 Å². The zero-order valence-corrected chi connectivity index (χ0v) is 7.11. The first-order chi connectivity index (χ1) is 5.65. The van der Waals surface area contributed by atoms with Crippen LogP contribution >= 0.6 is 11.6 Å². The fourth-order valence-corrected chi connectivity index (χ4v) is 1.02. The first-order valence-electron chi connectivity index (χ1n) is 3.26. The van der Waals surface area contributed by atoms with Gasteiger partial charge < -0.3 is 4.74 Å². The van der Waals surface area contributed by atoms with Crippen molar-refractivity contribution in [2.45, 2.75) is 6.43 Å². The lowest BCUT2D eigenvalue weighted by Gasteiger charge is -2.05. The lowest BCUT2D eigenvalue weighted by molar-refractivity contribution is 0.151. The van der Waals surface area contributed by atoms with Gasteiger partial charge in [-0.25, -0.2) is 8.78 Å². The Bertz CT molecular complexity index is 276. The summed E-state index contributed by atoms with van der Waals surface area (Å²) in [4.78, 5) is 0. The minimum Gasteiger partial charge on any atom is -0.497 e. The molecule has 4 heteroatoms. The third-order valence-electron chi connectivity index (χ3n) is 1.44. The molecule has 66 valence electrons. The van der Waals surface area contributed by atoms with Crippen LogP contribution in [0.15, 0.2) is 18.2 Å². The van der Waals surface area contributed by atoms with Crippen LogP contribution in [0.25, 0.3) is 0 Å². The van der Waals surface area contributed by atoms with E-state index < -0.39 is 6.43 Å². The standard InChI is InChI=1S/C8H7ClF2O/c1-12-5-2-3-7(9)6(4-5)8(10)11/h2-4,8H,1H3. The van der Waals surface area contributed by atoms with E-state index in [1.165, 1.54) is 25.3 Å². The summed E-state index contributed by atoms with van der Waals surface area (Å²) >= 11 is 5.51. The second kappa shape index (κ2) is 3.72. The Morgan fingerprint density at radius 2 is 2.08 bits per heavy atom. The van der Waals surface area contributed by atoms with E-state index in [-0.39, 0.29) is 10.6 Å². The lowest BCUT2D eigenvalue weighted by Crippen LogP contribution is -1.88. The Kier molecular flexibility index (Phi) is 2.87. The summed E-state index contributed by atoms with van der Waals surface area (Å²) in [6.45, 7) is 0. The number of rotatable bonds is 2. The van der Waals surface area contributed by atoms with Crippen LogP contribution in [0.1, 0.15) is 12.0 Å². The van der Waals surface area contributed by atoms with Gasteiger partial charge in [-0.05, 0) is 18.2 Å². The number of hydrogen-bond acceptors (Lipinski definition) is 1. The van der Waals surface area contributed by atoms with Gasteiger partial charge in [0.1, 0.15) is 5.75 Å². The molecule has 1 rings (SSSR count). The molecule has 0 aliphatic rings. The van der Waals surface area contributed by atoms with E-state index in [4.69, 9.17) is 16.3 Å². The van der Waals surface area contributed by atoms with Crippen LogP contribution in [-0.2, 0) is 0 Å². The summed E-state index contributed by atoms with van der Waals surface area (Å²) in [5.74, 6) is 0.384. The van der Waals surface area contributed by atoms with Gasteiger partial charge in [-0.3, -0.25) is 0 Å². The van der Waals surface area contributed by atoms with Crippen LogP contribution in [-0.4, -0.2) is 7.11 Å². The predicted octanol–water partition coefficient (Wildman–Crippen LogP) is 3.29. The van der Waals surface area contributed by atoms with Crippen molar-refractivity contribution in [2.75, 3.05) is 7.11 Å². The molecule has 0 unspecified atom stereocenters. The molecule has 1 aromatic carbocycles. The van der Waals surface area contributed by atoms with Crippen molar-refractivity contribution in [1.29, 1.82) is 0 Å². The van der Waals surface area contributed by atoms with E-state index in [1.54, 1.807) is 0 Å². The van der Waals surface area contributed by atoms with Gasteiger partial charge in [0.05, 0.1) is 7.11 Å². The molecule has 0 aliphatic carbocycles. The third-order valence-corrected chi connectivity index (χ3v) is 1.78. The minimum atomic E-state index is -2.56. The van der Waals surface area contributed by atoms with Gasteiger partial charge in [0, 0.05) is 10.6 Å². The fourth-order valence-electron chi connectivity index (χ4n) is 0.816. The Morgan fingerprint density at radius 1 is 1.42 bits per heavy atom. The minimum absolute atomic E-state index is 0.0609. The SMILES string of the molecule is COc1ccc(Cl)c(C(F)F)c1. The molecular formula is C8H7ClF2O. The molecule has 0 aromatic heterocycles. The second-order valence-electron chi connectivity index (χ2n) is 2.19. The number of methoxy groups -OCH3 is 1. The fraction of sp³-hybridized carbons (Fsp3) is 0.250. The van der Waals surface area contributed by atoms with Crippen LogP contribution in [0.3, 0.4) is 0 Å². The van der Waals surface area contributed by atoms with Gasteiger partial charge >= 0.3 is 0 Å². The van der Waals surface area contributed by atoms with E-state index in [0.717, 1.165) is 0 Å². The summed E-state index contributed by atoms with van der Waals surface area (Å²) in [5.41, 5.74) is -0.198. The van der Waals surface area contributed by atoms with Gasteiger partial charge in [0.25, 0.3) is 6.43 Å². The highest BCUT2D eigenvalue weighted by Crippen LogP contribution is 2.29. The molecule has 0 saturated carbocycles. The highest BCUT2D eigenvalue weighted by molar-refractivity contribution is 6.31. The third kappa shape index (κ3) is 1.85. The summed E-state index contributed by atoms with van der Waals surface area (Å²) in [6.07, 6.45) is -2.56. The molecule has 0 radical (unpaired) electrons. The molecule has 1 nitrogen and oxygen atoms in total. The lowest BCUT2D eigenvalue weighted by atomic mass is 10.2. The van der Waals surface area contributed by atoms with Crippen LogP contribution in [0.4, 0.5) is 8.78 Å². The average molecular weight is 193 g/mol. The topological polar surface area (TPSA) is 9.23 Å². The van der Waals surface area contributed by atoms with Crippen molar-refractivity contribution >= 4 is 11.6 Å². The van der Waals surface area contributed by atoms with E-state index in [1.807, 2.05) is 0 Å². The van der Waals surface area contributed by atoms with Crippen LogP contribution in [0.2, 0.25) is 5.02 Å². The molecule has 0 atom stereocenters. The van der Waals surface area contributed by atoms with Crippen molar-refractivity contribution in [2.24, 2.45) is 0 Å². The second-order valence-corrected chi connectivity index (χ2v) is 2.60.